The number of nitrogens with one attached hydrogen (secondary N) is 1. The van der Waals surface area contributed by atoms with E-state index in [0.717, 1.165) is 15.4 Å². The molecule has 0 aliphatic heterocycles. The molecule has 2 aromatic carbocycles. The van der Waals surface area contributed by atoms with Crippen LogP contribution in [-0.2, 0) is 4.79 Å². The van der Waals surface area contributed by atoms with Gasteiger partial charge in [-0.2, -0.15) is 0 Å². The number of benzene rings is 2. The average molecular weight is 372 g/mol. The second-order valence-electron chi connectivity index (χ2n) is 4.18. The first-order valence-corrected chi connectivity index (χ1v) is 7.97. The monoisotopic (exact) mass is 371 g/mol. The Balaban J connectivity index is 1.85. The van der Waals surface area contributed by atoms with Crippen molar-refractivity contribution in [2.45, 2.75) is 11.3 Å². The molecule has 0 heterocycles. The molecule has 0 spiro atoms. The highest BCUT2D eigenvalue weighted by Gasteiger charge is 2.10. The fraction of sp³-hybridized carbons (Fsp3) is 0.133. The van der Waals surface area contributed by atoms with Crippen molar-refractivity contribution in [2.75, 3.05) is 11.1 Å². The summed E-state index contributed by atoms with van der Waals surface area (Å²) in [6.07, 6.45) is 0.210. The number of amides is 1. The van der Waals surface area contributed by atoms with Gasteiger partial charge in [-0.1, -0.05) is 18.2 Å². The maximum Gasteiger partial charge on any atom is 0.225 e. The van der Waals surface area contributed by atoms with Crippen LogP contribution in [0.25, 0.3) is 0 Å². The maximum absolute atomic E-state index is 13.4. The quantitative estimate of drug-likeness (QED) is 0.761. The number of hydrogen-bond donors (Lipinski definition) is 1. The van der Waals surface area contributed by atoms with Gasteiger partial charge in [-0.05, 0) is 40.2 Å². The van der Waals surface area contributed by atoms with Crippen LogP contribution in [0, 0.1) is 11.6 Å². The molecule has 21 heavy (non-hydrogen) atoms. The van der Waals surface area contributed by atoms with E-state index < -0.39 is 11.6 Å². The smallest absolute Gasteiger partial charge is 0.225 e. The summed E-state index contributed by atoms with van der Waals surface area (Å²) >= 11 is 4.94. The summed E-state index contributed by atoms with van der Waals surface area (Å²) in [4.78, 5) is 12.8. The largest absolute Gasteiger partial charge is 0.323 e. The fourth-order valence-electron chi connectivity index (χ4n) is 1.63. The molecule has 0 aromatic heterocycles. The molecule has 0 bridgehead atoms. The normalized spacial score (nSPS) is 10.4. The summed E-state index contributed by atoms with van der Waals surface area (Å²) in [6.45, 7) is 0. The Kier molecular flexibility index (Phi) is 5.76. The van der Waals surface area contributed by atoms with Crippen LogP contribution >= 0.6 is 27.7 Å². The van der Waals surface area contributed by atoms with Gasteiger partial charge in [-0.25, -0.2) is 8.78 Å². The van der Waals surface area contributed by atoms with Crippen molar-refractivity contribution in [1.29, 1.82) is 0 Å². The zero-order valence-corrected chi connectivity index (χ0v) is 13.3. The molecule has 2 aromatic rings. The van der Waals surface area contributed by atoms with Crippen molar-refractivity contribution in [2.24, 2.45) is 0 Å². The first-order chi connectivity index (χ1) is 10.1. The molecule has 0 aliphatic carbocycles. The van der Waals surface area contributed by atoms with Gasteiger partial charge in [0.25, 0.3) is 0 Å². The highest BCUT2D eigenvalue weighted by atomic mass is 79.9. The molecule has 6 heteroatoms. The molecule has 0 radical (unpaired) electrons. The van der Waals surface area contributed by atoms with E-state index in [9.17, 15) is 13.6 Å². The summed E-state index contributed by atoms with van der Waals surface area (Å²) in [7, 11) is 0. The predicted molar refractivity (Wildman–Crippen MR) is 84.5 cm³/mol. The van der Waals surface area contributed by atoms with Crippen molar-refractivity contribution >= 4 is 39.3 Å². The second-order valence-corrected chi connectivity index (χ2v) is 6.17. The van der Waals surface area contributed by atoms with Crippen molar-refractivity contribution in [3.8, 4) is 0 Å². The molecule has 0 unspecified atom stereocenters. The molecule has 2 nitrogen and oxygen atoms in total. The first-order valence-electron chi connectivity index (χ1n) is 6.19. The predicted octanol–water partition coefficient (Wildman–Crippen LogP) is 4.85. The molecule has 1 N–H and O–H groups in total. The maximum atomic E-state index is 13.4. The van der Waals surface area contributed by atoms with E-state index in [-0.39, 0.29) is 18.0 Å². The second kappa shape index (κ2) is 7.56. The Hall–Kier alpha value is -1.40. The molecule has 0 fully saturated rings. The van der Waals surface area contributed by atoms with Gasteiger partial charge in [0.05, 0.1) is 5.69 Å². The summed E-state index contributed by atoms with van der Waals surface area (Å²) in [5, 5.41) is 2.37. The Labute approximate surface area is 134 Å². The number of thioether (sulfide) groups is 1. The lowest BCUT2D eigenvalue weighted by Crippen LogP contribution is -2.13. The molecule has 0 aliphatic rings. The number of anilines is 1. The lowest BCUT2D eigenvalue weighted by atomic mass is 10.3. The lowest BCUT2D eigenvalue weighted by molar-refractivity contribution is -0.115. The number of halogens is 3. The van der Waals surface area contributed by atoms with Crippen molar-refractivity contribution < 1.29 is 13.6 Å². The van der Waals surface area contributed by atoms with Gasteiger partial charge in [0.2, 0.25) is 5.91 Å². The minimum atomic E-state index is -1.04. The summed E-state index contributed by atoms with van der Waals surface area (Å²) in [5.41, 5.74) is -0.133. The SMILES string of the molecule is O=C(CCSc1ccccc1Br)Nc1cccc(F)c1F. The van der Waals surface area contributed by atoms with Crippen LogP contribution < -0.4 is 5.32 Å². The van der Waals surface area contributed by atoms with Crippen LogP contribution in [0.5, 0.6) is 0 Å². The van der Waals surface area contributed by atoms with E-state index in [2.05, 4.69) is 21.2 Å². The van der Waals surface area contributed by atoms with Gasteiger partial charge in [0.15, 0.2) is 11.6 Å². The van der Waals surface area contributed by atoms with E-state index in [0.29, 0.717) is 5.75 Å². The highest BCUT2D eigenvalue weighted by molar-refractivity contribution is 9.10. The van der Waals surface area contributed by atoms with Gasteiger partial charge in [-0.3, -0.25) is 4.79 Å². The van der Waals surface area contributed by atoms with Gasteiger partial charge >= 0.3 is 0 Å². The minimum absolute atomic E-state index is 0.133. The standard InChI is InChI=1S/C15H12BrF2NOS/c16-10-4-1-2-7-13(10)21-9-8-14(20)19-12-6-3-5-11(17)15(12)18/h1-7H,8-9H2,(H,19,20). The molecule has 2 rings (SSSR count). The Bertz CT molecular complexity index is 651. The van der Waals surface area contributed by atoms with Crippen LogP contribution in [-0.4, -0.2) is 11.7 Å². The van der Waals surface area contributed by atoms with E-state index >= 15 is 0 Å². The van der Waals surface area contributed by atoms with Crippen LogP contribution in [0.2, 0.25) is 0 Å². The number of carbonyl (C=O) groups excluding carboxylic acids is 1. The number of hydrogen-bond acceptors (Lipinski definition) is 2. The van der Waals surface area contributed by atoms with Crippen molar-refractivity contribution in [1.82, 2.24) is 0 Å². The van der Waals surface area contributed by atoms with Gasteiger partial charge in [0.1, 0.15) is 0 Å². The van der Waals surface area contributed by atoms with E-state index in [4.69, 9.17) is 0 Å². The molecule has 0 saturated carbocycles. The Morgan fingerprint density at radius 3 is 2.67 bits per heavy atom. The summed E-state index contributed by atoms with van der Waals surface area (Å²) < 4.78 is 27.4. The molecular formula is C15H12BrF2NOS. The molecule has 110 valence electrons. The van der Waals surface area contributed by atoms with E-state index in [1.807, 2.05) is 24.3 Å². The van der Waals surface area contributed by atoms with Crippen LogP contribution in [0.4, 0.5) is 14.5 Å². The molecule has 0 atom stereocenters. The molecule has 1 amide bonds. The topological polar surface area (TPSA) is 29.1 Å². The van der Waals surface area contributed by atoms with E-state index in [1.54, 1.807) is 0 Å². The minimum Gasteiger partial charge on any atom is -0.323 e. The lowest BCUT2D eigenvalue weighted by Gasteiger charge is -2.07. The summed E-state index contributed by atoms with van der Waals surface area (Å²) in [5.74, 6) is -1.82. The molecule has 0 saturated heterocycles. The van der Waals surface area contributed by atoms with Gasteiger partial charge in [-0.15, -0.1) is 11.8 Å². The zero-order chi connectivity index (χ0) is 15.2. The third-order valence-corrected chi connectivity index (χ3v) is 4.68. The fourth-order valence-corrected chi connectivity index (χ4v) is 3.14. The average Bonchev–Trinajstić information content (AvgIpc) is 2.46. The van der Waals surface area contributed by atoms with Gasteiger partial charge in [0, 0.05) is 21.5 Å². The van der Waals surface area contributed by atoms with E-state index in [1.165, 1.54) is 23.9 Å². The zero-order valence-electron chi connectivity index (χ0n) is 10.9. The summed E-state index contributed by atoms with van der Waals surface area (Å²) in [6, 6.07) is 11.4. The Morgan fingerprint density at radius 1 is 1.14 bits per heavy atom. The number of carbonyl (C=O) groups is 1. The molecular weight excluding hydrogens is 360 g/mol. The third kappa shape index (κ3) is 4.54. The third-order valence-electron chi connectivity index (χ3n) is 2.65. The van der Waals surface area contributed by atoms with Crippen molar-refractivity contribution in [3.05, 3.63) is 58.6 Å². The van der Waals surface area contributed by atoms with Crippen LogP contribution in [0.1, 0.15) is 6.42 Å². The first kappa shape index (κ1) is 16.0. The highest BCUT2D eigenvalue weighted by Crippen LogP contribution is 2.27. The number of rotatable bonds is 5. The Morgan fingerprint density at radius 2 is 1.90 bits per heavy atom. The van der Waals surface area contributed by atoms with Crippen molar-refractivity contribution in [3.63, 3.8) is 0 Å². The van der Waals surface area contributed by atoms with Crippen LogP contribution in [0.3, 0.4) is 0 Å². The van der Waals surface area contributed by atoms with Gasteiger partial charge < -0.3 is 5.32 Å². The van der Waals surface area contributed by atoms with Crippen LogP contribution in [0.15, 0.2) is 51.8 Å².